The van der Waals surface area contributed by atoms with Gasteiger partial charge < -0.3 is 10.1 Å². The summed E-state index contributed by atoms with van der Waals surface area (Å²) in [6.45, 7) is 0. The topological polar surface area (TPSA) is 99.0 Å². The van der Waals surface area contributed by atoms with Crippen molar-refractivity contribution < 1.29 is 14.3 Å². The molecule has 2 aromatic carbocycles. The molecule has 1 N–H and O–H groups in total. The van der Waals surface area contributed by atoms with Crippen LogP contribution in [0.2, 0.25) is 5.02 Å². The molecule has 2 heterocycles. The quantitative estimate of drug-likeness (QED) is 0.457. The molecule has 1 aliphatic heterocycles. The molecule has 3 aromatic rings. The first-order chi connectivity index (χ1) is 14.0. The lowest BCUT2D eigenvalue weighted by Gasteiger charge is -2.28. The van der Waals surface area contributed by atoms with Crippen molar-refractivity contribution in [1.29, 1.82) is 0 Å². The first kappa shape index (κ1) is 19.3. The summed E-state index contributed by atoms with van der Waals surface area (Å²) in [5.41, 5.74) is 1.25. The molecule has 4 rings (SSSR count). The third kappa shape index (κ3) is 3.54. The first-order valence-electron chi connectivity index (χ1n) is 8.42. The van der Waals surface area contributed by atoms with E-state index in [9.17, 15) is 9.59 Å². The van der Waals surface area contributed by atoms with Gasteiger partial charge in [-0.1, -0.05) is 44.8 Å². The number of nitrogens with one attached hydrogen (secondary N) is 1. The lowest BCUT2D eigenvalue weighted by atomic mass is 9.89. The van der Waals surface area contributed by atoms with Crippen LogP contribution in [0.25, 0.3) is 0 Å². The van der Waals surface area contributed by atoms with Gasteiger partial charge >= 0.3 is 5.97 Å². The van der Waals surface area contributed by atoms with Crippen LogP contribution in [-0.4, -0.2) is 39.1 Å². The fourth-order valence-electron chi connectivity index (χ4n) is 3.10. The van der Waals surface area contributed by atoms with Crippen LogP contribution in [0.1, 0.15) is 22.0 Å². The molecule has 0 amide bonds. The van der Waals surface area contributed by atoms with Crippen molar-refractivity contribution in [3.8, 4) is 0 Å². The Hall–Kier alpha value is -3.04. The van der Waals surface area contributed by atoms with Gasteiger partial charge in [-0.15, -0.1) is 0 Å². The molecule has 10 heteroatoms. The number of allylic oxidation sites excluding steroid dienone is 1. The fourth-order valence-corrected chi connectivity index (χ4v) is 3.49. The van der Waals surface area contributed by atoms with Crippen molar-refractivity contribution in [2.45, 2.75) is 6.04 Å². The molecule has 0 saturated heterocycles. The third-order valence-corrected chi connectivity index (χ3v) is 5.22. The summed E-state index contributed by atoms with van der Waals surface area (Å²) < 4.78 is 7.23. The molecular formula is C19H13BrClN5O3. The largest absolute Gasteiger partial charge is 0.464 e. The van der Waals surface area contributed by atoms with Crippen molar-refractivity contribution in [2.75, 3.05) is 12.4 Å². The summed E-state index contributed by atoms with van der Waals surface area (Å²) in [5.74, 6) is -0.840. The van der Waals surface area contributed by atoms with Gasteiger partial charge in [0.2, 0.25) is 5.95 Å². The van der Waals surface area contributed by atoms with Crippen LogP contribution in [0.3, 0.4) is 0 Å². The molecule has 0 fully saturated rings. The van der Waals surface area contributed by atoms with Gasteiger partial charge in [0.15, 0.2) is 5.78 Å². The number of carbonyl (C=O) groups excluding carboxylic acids is 2. The maximum atomic E-state index is 13.5. The van der Waals surface area contributed by atoms with E-state index in [0.29, 0.717) is 10.6 Å². The zero-order valence-electron chi connectivity index (χ0n) is 15.0. The average Bonchev–Trinajstić information content (AvgIpc) is 3.21. The lowest BCUT2D eigenvalue weighted by Crippen LogP contribution is -2.32. The second kappa shape index (κ2) is 7.76. The molecule has 1 atom stereocenters. The predicted molar refractivity (Wildman–Crippen MR) is 109 cm³/mol. The van der Waals surface area contributed by atoms with E-state index in [-0.39, 0.29) is 23.0 Å². The van der Waals surface area contributed by atoms with Crippen LogP contribution in [0.5, 0.6) is 0 Å². The summed E-state index contributed by atoms with van der Waals surface area (Å²) >= 11 is 9.35. The number of fused-ring (bicyclic) bond motifs is 1. The smallest absolute Gasteiger partial charge is 0.355 e. The lowest BCUT2D eigenvalue weighted by molar-refractivity contribution is -0.136. The number of anilines is 1. The Bertz CT molecular complexity index is 1130. The Morgan fingerprint density at radius 1 is 1.14 bits per heavy atom. The van der Waals surface area contributed by atoms with Gasteiger partial charge in [0.25, 0.3) is 0 Å². The van der Waals surface area contributed by atoms with E-state index in [4.69, 9.17) is 16.3 Å². The van der Waals surface area contributed by atoms with E-state index in [1.165, 1.54) is 11.8 Å². The number of rotatable bonds is 4. The van der Waals surface area contributed by atoms with E-state index >= 15 is 0 Å². The van der Waals surface area contributed by atoms with Crippen molar-refractivity contribution in [3.05, 3.63) is 80.4 Å². The standard InChI is InChI=1S/C19H13BrClN5O3/c1-29-18(28)15-14(17(27)11-4-8-13(21)9-5-11)16(10-2-6-12(20)7-3-10)26-19(22-15)23-24-25-26/h2-9,16H,1H3,(H,22,23,25)/t16-/m1/s1. The van der Waals surface area contributed by atoms with Crippen LogP contribution in [0.15, 0.2) is 64.3 Å². The molecule has 8 nitrogen and oxygen atoms in total. The number of esters is 1. The first-order valence-corrected chi connectivity index (χ1v) is 9.60. The molecule has 29 heavy (non-hydrogen) atoms. The molecule has 0 saturated carbocycles. The van der Waals surface area contributed by atoms with Crippen molar-refractivity contribution in [1.82, 2.24) is 20.2 Å². The number of hydrogen-bond donors (Lipinski definition) is 1. The highest BCUT2D eigenvalue weighted by molar-refractivity contribution is 9.10. The van der Waals surface area contributed by atoms with E-state index in [1.807, 2.05) is 24.3 Å². The molecule has 1 aliphatic rings. The van der Waals surface area contributed by atoms with Crippen LogP contribution < -0.4 is 5.32 Å². The second-order valence-electron chi connectivity index (χ2n) is 6.14. The zero-order chi connectivity index (χ0) is 20.5. The number of ketones is 1. The van der Waals surface area contributed by atoms with E-state index < -0.39 is 12.0 Å². The Balaban J connectivity index is 1.94. The molecule has 146 valence electrons. The predicted octanol–water partition coefficient (Wildman–Crippen LogP) is 3.41. The van der Waals surface area contributed by atoms with Gasteiger partial charge in [0.05, 0.1) is 12.7 Å². The maximum Gasteiger partial charge on any atom is 0.355 e. The minimum atomic E-state index is -0.730. The van der Waals surface area contributed by atoms with Crippen molar-refractivity contribution in [2.24, 2.45) is 0 Å². The van der Waals surface area contributed by atoms with Gasteiger partial charge in [0.1, 0.15) is 11.7 Å². The highest BCUT2D eigenvalue weighted by Gasteiger charge is 2.38. The molecule has 0 radical (unpaired) electrons. The summed E-state index contributed by atoms with van der Waals surface area (Å²) in [6.07, 6.45) is 0. The number of ether oxygens (including phenoxy) is 1. The van der Waals surface area contributed by atoms with Gasteiger partial charge in [-0.05, 0) is 52.4 Å². The van der Waals surface area contributed by atoms with Gasteiger partial charge in [-0.2, -0.15) is 4.68 Å². The molecule has 0 spiro atoms. The molecule has 1 aromatic heterocycles. The Morgan fingerprint density at radius 2 is 1.83 bits per heavy atom. The SMILES string of the molecule is COC(=O)C1=C(C(=O)c2ccc(Cl)cc2)[C@@H](c2ccc(Br)cc2)n2nnnc2N1. The minimum absolute atomic E-state index is 0.0114. The number of tetrazole rings is 1. The van der Waals surface area contributed by atoms with E-state index in [2.05, 4.69) is 36.8 Å². The number of carbonyl (C=O) groups is 2. The normalized spacial score (nSPS) is 15.5. The number of nitrogens with zero attached hydrogens (tertiary/aromatic N) is 4. The highest BCUT2D eigenvalue weighted by atomic mass is 79.9. The number of halogens is 2. The Labute approximate surface area is 178 Å². The van der Waals surface area contributed by atoms with Gasteiger partial charge in [0, 0.05) is 15.1 Å². The second-order valence-corrected chi connectivity index (χ2v) is 7.49. The maximum absolute atomic E-state index is 13.5. The van der Waals surface area contributed by atoms with Crippen molar-refractivity contribution in [3.63, 3.8) is 0 Å². The third-order valence-electron chi connectivity index (χ3n) is 4.44. The van der Waals surface area contributed by atoms with Crippen molar-refractivity contribution >= 4 is 45.2 Å². The molecule has 0 aliphatic carbocycles. The number of hydrogen-bond acceptors (Lipinski definition) is 7. The number of aromatic nitrogens is 4. The van der Waals surface area contributed by atoms with E-state index in [1.54, 1.807) is 24.3 Å². The summed E-state index contributed by atoms with van der Waals surface area (Å²) in [4.78, 5) is 26.0. The minimum Gasteiger partial charge on any atom is -0.464 e. The summed E-state index contributed by atoms with van der Waals surface area (Å²) in [7, 11) is 1.24. The number of Topliss-reactive ketones (excluding diaryl/α,β-unsaturated/α-hetero) is 1. The highest BCUT2D eigenvalue weighted by Crippen LogP contribution is 2.37. The fraction of sp³-hybridized carbons (Fsp3) is 0.105. The zero-order valence-corrected chi connectivity index (χ0v) is 17.3. The van der Waals surface area contributed by atoms with E-state index in [0.717, 1.165) is 10.0 Å². The molecular weight excluding hydrogens is 462 g/mol. The van der Waals surface area contributed by atoms with Crippen LogP contribution in [0, 0.1) is 0 Å². The van der Waals surface area contributed by atoms with Crippen LogP contribution in [-0.2, 0) is 9.53 Å². The molecule has 0 bridgehead atoms. The summed E-state index contributed by atoms with van der Waals surface area (Å²) in [6, 6.07) is 13.0. The van der Waals surface area contributed by atoms with Crippen LogP contribution >= 0.6 is 27.5 Å². The van der Waals surface area contributed by atoms with Gasteiger partial charge in [-0.25, -0.2) is 4.79 Å². The number of methoxy groups -OCH3 is 1. The van der Waals surface area contributed by atoms with Crippen LogP contribution in [0.4, 0.5) is 5.95 Å². The molecule has 0 unspecified atom stereocenters. The number of benzene rings is 2. The summed E-state index contributed by atoms with van der Waals surface area (Å²) in [5, 5.41) is 14.9. The average molecular weight is 475 g/mol. The van der Waals surface area contributed by atoms with Gasteiger partial charge in [-0.3, -0.25) is 4.79 Å². The Kier molecular flexibility index (Phi) is 5.16. The Morgan fingerprint density at radius 3 is 2.48 bits per heavy atom. The monoisotopic (exact) mass is 473 g/mol.